The molecule has 2 N–H and O–H groups in total. The monoisotopic (exact) mass is 403 g/mol. The fourth-order valence-corrected chi connectivity index (χ4v) is 2.91. The number of nitrogens with one attached hydrogen (secondary N) is 2. The second-order valence-electron chi connectivity index (χ2n) is 6.15. The van der Waals surface area contributed by atoms with Crippen LogP contribution in [0.5, 0.6) is 11.5 Å². The number of thioether (sulfide) groups is 1. The number of aromatic nitrogens is 1. The molecule has 0 aliphatic rings. The summed E-state index contributed by atoms with van der Waals surface area (Å²) in [6, 6.07) is 8.50. The first-order valence-corrected chi connectivity index (χ1v) is 9.92. The summed E-state index contributed by atoms with van der Waals surface area (Å²) in [5, 5.41) is 6.45. The van der Waals surface area contributed by atoms with Crippen LogP contribution in [-0.4, -0.2) is 42.3 Å². The number of benzene rings is 1. The third-order valence-corrected chi connectivity index (χ3v) is 4.35. The van der Waals surface area contributed by atoms with Crippen molar-refractivity contribution in [2.45, 2.75) is 31.8 Å². The van der Waals surface area contributed by atoms with Gasteiger partial charge in [0, 0.05) is 11.6 Å². The van der Waals surface area contributed by atoms with Gasteiger partial charge in [-0.2, -0.15) is 0 Å². The van der Waals surface area contributed by atoms with E-state index < -0.39 is 0 Å². The van der Waals surface area contributed by atoms with E-state index in [0.717, 1.165) is 10.8 Å². The zero-order valence-corrected chi connectivity index (χ0v) is 17.3. The molecule has 7 nitrogen and oxygen atoms in total. The molecule has 2 amide bonds. The minimum atomic E-state index is -0.292. The molecule has 0 saturated heterocycles. The van der Waals surface area contributed by atoms with E-state index in [1.807, 2.05) is 26.0 Å². The number of ether oxygens (including phenoxy) is 2. The molecule has 0 aliphatic carbocycles. The minimum Gasteiger partial charge on any atom is -0.493 e. The first-order valence-electron chi connectivity index (χ1n) is 8.93. The van der Waals surface area contributed by atoms with E-state index in [1.165, 1.54) is 7.11 Å². The molecule has 0 atom stereocenters. The van der Waals surface area contributed by atoms with Crippen LogP contribution < -0.4 is 20.1 Å². The largest absolute Gasteiger partial charge is 0.493 e. The fraction of sp³-hybridized carbons (Fsp3) is 0.350. The molecule has 1 aromatic carbocycles. The topological polar surface area (TPSA) is 89.5 Å². The van der Waals surface area contributed by atoms with Gasteiger partial charge in [-0.3, -0.25) is 9.59 Å². The van der Waals surface area contributed by atoms with Crippen LogP contribution in [0, 0.1) is 0 Å². The Morgan fingerprint density at radius 1 is 1.18 bits per heavy atom. The molecule has 8 heteroatoms. The second kappa shape index (κ2) is 10.6. The summed E-state index contributed by atoms with van der Waals surface area (Å²) in [6.45, 7) is 5.67. The molecule has 0 unspecified atom stereocenters. The van der Waals surface area contributed by atoms with E-state index in [4.69, 9.17) is 9.47 Å². The first-order chi connectivity index (χ1) is 13.4. The van der Waals surface area contributed by atoms with Gasteiger partial charge in [-0.1, -0.05) is 6.92 Å². The lowest BCUT2D eigenvalue weighted by Gasteiger charge is -2.13. The van der Waals surface area contributed by atoms with Crippen molar-refractivity contribution in [1.29, 1.82) is 0 Å². The molecule has 0 spiro atoms. The van der Waals surface area contributed by atoms with Crippen LogP contribution in [-0.2, 0) is 4.79 Å². The highest BCUT2D eigenvalue weighted by atomic mass is 32.2. The molecule has 0 bridgehead atoms. The lowest BCUT2D eigenvalue weighted by Crippen LogP contribution is -2.34. The zero-order chi connectivity index (χ0) is 20.5. The summed E-state index contributed by atoms with van der Waals surface area (Å²) in [7, 11) is 1.48. The van der Waals surface area contributed by atoms with Gasteiger partial charge in [-0.05, 0) is 49.9 Å². The molecule has 0 aliphatic heterocycles. The number of anilines is 1. The predicted octanol–water partition coefficient (Wildman–Crippen LogP) is 3.36. The Kier molecular flexibility index (Phi) is 8.13. The molecule has 28 heavy (non-hydrogen) atoms. The average molecular weight is 404 g/mol. The van der Waals surface area contributed by atoms with Gasteiger partial charge < -0.3 is 20.1 Å². The van der Waals surface area contributed by atoms with Crippen molar-refractivity contribution in [3.63, 3.8) is 0 Å². The van der Waals surface area contributed by atoms with Crippen LogP contribution >= 0.6 is 11.8 Å². The Hall–Kier alpha value is -2.74. The van der Waals surface area contributed by atoms with E-state index in [1.54, 1.807) is 36.2 Å². The van der Waals surface area contributed by atoms with Crippen molar-refractivity contribution < 1.29 is 19.1 Å². The molecule has 0 radical (unpaired) electrons. The van der Waals surface area contributed by atoms with Gasteiger partial charge in [0.25, 0.3) is 11.8 Å². The molecular weight excluding hydrogens is 378 g/mol. The summed E-state index contributed by atoms with van der Waals surface area (Å²) >= 11 is 1.63. The van der Waals surface area contributed by atoms with E-state index in [2.05, 4.69) is 22.5 Å². The molecule has 1 heterocycles. The van der Waals surface area contributed by atoms with E-state index in [-0.39, 0.29) is 24.5 Å². The van der Waals surface area contributed by atoms with Gasteiger partial charge >= 0.3 is 0 Å². The van der Waals surface area contributed by atoms with Gasteiger partial charge in [0.2, 0.25) is 0 Å². The van der Waals surface area contributed by atoms with Crippen molar-refractivity contribution >= 4 is 29.3 Å². The predicted molar refractivity (Wildman–Crippen MR) is 110 cm³/mol. The molecule has 150 valence electrons. The molecular formula is C20H25N3O4S. The van der Waals surface area contributed by atoms with Gasteiger partial charge in [-0.25, -0.2) is 4.98 Å². The van der Waals surface area contributed by atoms with Gasteiger partial charge in [0.15, 0.2) is 18.1 Å². The Labute approximate surface area is 169 Å². The number of amides is 2. The van der Waals surface area contributed by atoms with Gasteiger partial charge in [-0.15, -0.1) is 11.8 Å². The molecule has 1 aromatic heterocycles. The third kappa shape index (κ3) is 6.45. The summed E-state index contributed by atoms with van der Waals surface area (Å²) in [5.41, 5.74) is 1.01. The van der Waals surface area contributed by atoms with Crippen molar-refractivity contribution in [3.05, 3.63) is 42.1 Å². The van der Waals surface area contributed by atoms with Gasteiger partial charge in [0.05, 0.1) is 24.0 Å². The van der Waals surface area contributed by atoms with Crippen molar-refractivity contribution in [2.24, 2.45) is 0 Å². The Bertz CT molecular complexity index is 810. The van der Waals surface area contributed by atoms with Crippen LogP contribution in [0.4, 0.5) is 5.69 Å². The van der Waals surface area contributed by atoms with Crippen molar-refractivity contribution in [2.75, 3.05) is 24.8 Å². The molecule has 2 aromatic rings. The standard InChI is InChI=1S/C20H25N3O4S/c1-5-28-19-9-7-15(11-21-19)23-20(25)14-6-8-16(17(10-14)26-4)27-12-18(24)22-13(2)3/h6-11,13H,5,12H2,1-4H3,(H,22,24)(H,23,25). The van der Waals surface area contributed by atoms with E-state index >= 15 is 0 Å². The summed E-state index contributed by atoms with van der Waals surface area (Å²) < 4.78 is 10.8. The van der Waals surface area contributed by atoms with E-state index in [9.17, 15) is 9.59 Å². The lowest BCUT2D eigenvalue weighted by atomic mass is 10.2. The lowest BCUT2D eigenvalue weighted by molar-refractivity contribution is -0.123. The third-order valence-electron chi connectivity index (χ3n) is 3.52. The van der Waals surface area contributed by atoms with Crippen LogP contribution in [0.2, 0.25) is 0 Å². The minimum absolute atomic E-state index is 0.0354. The average Bonchev–Trinajstić information content (AvgIpc) is 2.67. The van der Waals surface area contributed by atoms with Gasteiger partial charge in [0.1, 0.15) is 0 Å². The second-order valence-corrected chi connectivity index (χ2v) is 7.43. The van der Waals surface area contributed by atoms with Crippen LogP contribution in [0.25, 0.3) is 0 Å². The Morgan fingerprint density at radius 2 is 1.96 bits per heavy atom. The smallest absolute Gasteiger partial charge is 0.258 e. The van der Waals surface area contributed by atoms with Crippen LogP contribution in [0.3, 0.4) is 0 Å². The normalized spacial score (nSPS) is 10.5. The summed E-state index contributed by atoms with van der Waals surface area (Å²) in [5.74, 6) is 1.18. The Balaban J connectivity index is 2.03. The number of pyridine rings is 1. The maximum Gasteiger partial charge on any atom is 0.258 e. The van der Waals surface area contributed by atoms with Crippen LogP contribution in [0.15, 0.2) is 41.6 Å². The number of hydrogen-bond acceptors (Lipinski definition) is 6. The molecule has 0 fully saturated rings. The molecule has 2 rings (SSSR count). The van der Waals surface area contributed by atoms with Crippen molar-refractivity contribution in [1.82, 2.24) is 10.3 Å². The summed E-state index contributed by atoms with van der Waals surface area (Å²) in [6.07, 6.45) is 1.62. The highest BCUT2D eigenvalue weighted by Crippen LogP contribution is 2.28. The first kappa shape index (κ1) is 21.6. The Morgan fingerprint density at radius 3 is 2.57 bits per heavy atom. The SMILES string of the molecule is CCSc1ccc(NC(=O)c2ccc(OCC(=O)NC(C)C)c(OC)c2)cn1. The zero-order valence-electron chi connectivity index (χ0n) is 16.4. The number of carbonyl (C=O) groups excluding carboxylic acids is 2. The fourth-order valence-electron chi connectivity index (χ4n) is 2.33. The number of nitrogens with zero attached hydrogens (tertiary/aromatic N) is 1. The quantitative estimate of drug-likeness (QED) is 0.624. The van der Waals surface area contributed by atoms with E-state index in [0.29, 0.717) is 22.7 Å². The number of carbonyl (C=O) groups is 2. The maximum absolute atomic E-state index is 12.5. The summed E-state index contributed by atoms with van der Waals surface area (Å²) in [4.78, 5) is 28.5. The van der Waals surface area contributed by atoms with Crippen LogP contribution in [0.1, 0.15) is 31.1 Å². The number of rotatable bonds is 9. The molecule has 0 saturated carbocycles. The maximum atomic E-state index is 12.5. The highest BCUT2D eigenvalue weighted by Gasteiger charge is 2.13. The highest BCUT2D eigenvalue weighted by molar-refractivity contribution is 7.99. The number of methoxy groups -OCH3 is 1. The van der Waals surface area contributed by atoms with Crippen molar-refractivity contribution in [3.8, 4) is 11.5 Å². The number of hydrogen-bond donors (Lipinski definition) is 2.